The summed E-state index contributed by atoms with van der Waals surface area (Å²) in [4.78, 5) is 24.1. The fraction of sp³-hybridized carbons (Fsp3) is 0.292. The van der Waals surface area contributed by atoms with Gasteiger partial charge < -0.3 is 15.4 Å². The van der Waals surface area contributed by atoms with Crippen LogP contribution in [0.3, 0.4) is 0 Å². The maximum absolute atomic E-state index is 15.5. The van der Waals surface area contributed by atoms with E-state index in [1.807, 2.05) is 4.90 Å². The predicted molar refractivity (Wildman–Crippen MR) is 139 cm³/mol. The third kappa shape index (κ3) is 5.45. The van der Waals surface area contributed by atoms with Crippen LogP contribution in [0, 0.1) is 5.82 Å². The molecule has 0 amide bonds. The molecular formula is C24H24F2N8O3S. The zero-order chi connectivity index (χ0) is 26.7. The summed E-state index contributed by atoms with van der Waals surface area (Å²) in [6.07, 6.45) is 2.88. The van der Waals surface area contributed by atoms with Crippen molar-refractivity contribution in [1.82, 2.24) is 24.9 Å². The molecule has 0 radical (unpaired) electrons. The number of aromatic nitrogens is 5. The number of pyridine rings is 1. The fourth-order valence-corrected chi connectivity index (χ4v) is 5.08. The maximum Gasteiger partial charge on any atom is 0.232 e. The van der Waals surface area contributed by atoms with E-state index in [9.17, 15) is 12.8 Å². The van der Waals surface area contributed by atoms with Crippen molar-refractivity contribution in [2.24, 2.45) is 0 Å². The highest BCUT2D eigenvalue weighted by atomic mass is 32.2. The minimum absolute atomic E-state index is 0.0848. The summed E-state index contributed by atoms with van der Waals surface area (Å²) in [7, 11) is -3.91. The summed E-state index contributed by atoms with van der Waals surface area (Å²) in [6, 6.07) is 7.61. The van der Waals surface area contributed by atoms with Gasteiger partial charge in [-0.25, -0.2) is 37.7 Å². The van der Waals surface area contributed by atoms with Gasteiger partial charge in [0.1, 0.15) is 5.52 Å². The van der Waals surface area contributed by atoms with Crippen molar-refractivity contribution < 1.29 is 21.9 Å². The minimum Gasteiger partial charge on any atom is -0.378 e. The number of benzene rings is 1. The monoisotopic (exact) mass is 542 g/mol. The van der Waals surface area contributed by atoms with Crippen molar-refractivity contribution in [1.29, 1.82) is 0 Å². The molecule has 4 heterocycles. The number of rotatable bonds is 8. The van der Waals surface area contributed by atoms with Crippen molar-refractivity contribution in [3.05, 3.63) is 48.5 Å². The molecule has 4 aromatic rings. The zero-order valence-electron chi connectivity index (χ0n) is 20.1. The summed E-state index contributed by atoms with van der Waals surface area (Å²) < 4.78 is 60.0. The third-order valence-corrected chi connectivity index (χ3v) is 7.21. The Morgan fingerprint density at radius 2 is 1.82 bits per heavy atom. The number of nitrogens with zero attached hydrogens (tertiary/aromatic N) is 6. The summed E-state index contributed by atoms with van der Waals surface area (Å²) in [5.41, 5.74) is 7.24. The molecule has 198 valence electrons. The molecule has 0 atom stereocenters. The Kier molecular flexibility index (Phi) is 7.24. The molecule has 0 aliphatic carbocycles. The highest BCUT2D eigenvalue weighted by Crippen LogP contribution is 2.32. The average Bonchev–Trinajstić information content (AvgIpc) is 2.93. The van der Waals surface area contributed by atoms with Gasteiger partial charge in [-0.15, -0.1) is 0 Å². The molecule has 1 saturated heterocycles. The van der Waals surface area contributed by atoms with Gasteiger partial charge in [0.2, 0.25) is 16.0 Å². The SMILES string of the molecule is Nc1ncc(-c2nc(N3CCOCC3)c3nc(-c4cccc(NS(=O)(=O)CCCF)c4F)ccc3n2)cn1. The lowest BCUT2D eigenvalue weighted by molar-refractivity contribution is 0.122. The first-order valence-corrected chi connectivity index (χ1v) is 13.4. The normalized spacial score (nSPS) is 14.1. The van der Waals surface area contributed by atoms with Gasteiger partial charge in [0.05, 0.1) is 48.1 Å². The molecule has 1 aliphatic rings. The molecule has 1 aromatic carbocycles. The number of nitrogen functional groups attached to an aromatic ring is 1. The quantitative estimate of drug-likeness (QED) is 0.340. The number of morpholine rings is 1. The Labute approximate surface area is 217 Å². The van der Waals surface area contributed by atoms with Gasteiger partial charge in [0, 0.05) is 31.0 Å². The number of anilines is 3. The number of nitrogens with two attached hydrogens (primary N) is 1. The van der Waals surface area contributed by atoms with E-state index in [2.05, 4.69) is 19.7 Å². The van der Waals surface area contributed by atoms with E-state index in [0.717, 1.165) is 0 Å². The lowest BCUT2D eigenvalue weighted by Crippen LogP contribution is -2.37. The molecule has 3 aromatic heterocycles. The van der Waals surface area contributed by atoms with Crippen LogP contribution in [-0.4, -0.2) is 72.1 Å². The van der Waals surface area contributed by atoms with Gasteiger partial charge >= 0.3 is 0 Å². The summed E-state index contributed by atoms with van der Waals surface area (Å²) >= 11 is 0. The van der Waals surface area contributed by atoms with Crippen LogP contribution in [-0.2, 0) is 14.8 Å². The van der Waals surface area contributed by atoms with E-state index < -0.39 is 28.3 Å². The highest BCUT2D eigenvalue weighted by molar-refractivity contribution is 7.92. The molecule has 0 saturated carbocycles. The topological polar surface area (TPSA) is 149 Å². The molecule has 38 heavy (non-hydrogen) atoms. The van der Waals surface area contributed by atoms with Gasteiger partial charge in [-0.1, -0.05) is 6.07 Å². The second-order valence-corrected chi connectivity index (χ2v) is 10.3. The molecule has 5 rings (SSSR count). The van der Waals surface area contributed by atoms with E-state index in [-0.39, 0.29) is 29.3 Å². The van der Waals surface area contributed by atoms with Gasteiger partial charge in [0.25, 0.3) is 0 Å². The summed E-state index contributed by atoms with van der Waals surface area (Å²) in [6.45, 7) is 1.36. The Morgan fingerprint density at radius 3 is 2.55 bits per heavy atom. The number of hydrogen-bond donors (Lipinski definition) is 2. The number of hydrogen-bond acceptors (Lipinski definition) is 10. The summed E-state index contributed by atoms with van der Waals surface area (Å²) in [5, 5.41) is 0. The van der Waals surface area contributed by atoms with E-state index in [1.54, 1.807) is 12.1 Å². The minimum atomic E-state index is -3.91. The zero-order valence-corrected chi connectivity index (χ0v) is 21.0. The van der Waals surface area contributed by atoms with Crippen LogP contribution in [0.15, 0.2) is 42.7 Å². The molecule has 11 nitrogen and oxygen atoms in total. The number of halogens is 2. The van der Waals surface area contributed by atoms with Crippen molar-refractivity contribution in [2.45, 2.75) is 6.42 Å². The number of fused-ring (bicyclic) bond motifs is 1. The molecule has 1 aliphatic heterocycles. The third-order valence-electron chi connectivity index (χ3n) is 5.85. The molecular weight excluding hydrogens is 518 g/mol. The highest BCUT2D eigenvalue weighted by Gasteiger charge is 2.22. The Bertz CT molecular complexity index is 1570. The largest absolute Gasteiger partial charge is 0.378 e. The van der Waals surface area contributed by atoms with Crippen LogP contribution < -0.4 is 15.4 Å². The Balaban J connectivity index is 1.59. The maximum atomic E-state index is 15.5. The smallest absolute Gasteiger partial charge is 0.232 e. The van der Waals surface area contributed by atoms with E-state index in [4.69, 9.17) is 20.4 Å². The predicted octanol–water partition coefficient (Wildman–Crippen LogP) is 2.81. The second kappa shape index (κ2) is 10.8. The Hall–Kier alpha value is -4.04. The van der Waals surface area contributed by atoms with E-state index >= 15 is 4.39 Å². The molecule has 14 heteroatoms. The first-order valence-electron chi connectivity index (χ1n) is 11.8. The van der Waals surface area contributed by atoms with Crippen LogP contribution in [0.4, 0.5) is 26.2 Å². The van der Waals surface area contributed by atoms with Crippen LogP contribution in [0.5, 0.6) is 0 Å². The number of alkyl halides is 1. The fourth-order valence-electron chi connectivity index (χ4n) is 4.00. The first kappa shape index (κ1) is 25.6. The van der Waals surface area contributed by atoms with Crippen molar-refractivity contribution in [3.63, 3.8) is 0 Å². The second-order valence-electron chi connectivity index (χ2n) is 8.49. The van der Waals surface area contributed by atoms with Crippen LogP contribution in [0.1, 0.15) is 6.42 Å². The number of nitrogens with one attached hydrogen (secondary N) is 1. The van der Waals surface area contributed by atoms with Crippen molar-refractivity contribution in [2.75, 3.05) is 54.1 Å². The standard InChI is InChI=1S/C24H24F2N8O3S/c25-7-2-12-38(35,36)33-18-4-1-3-16(20(18)26)17-5-6-19-21(30-17)23(34-8-10-37-11-9-34)32-22(31-19)15-13-28-24(27)29-14-15/h1,3-6,13-14,33H,2,7-12H2,(H2,27,28,29). The molecule has 0 unspecified atom stereocenters. The van der Waals surface area contributed by atoms with Crippen LogP contribution in [0.2, 0.25) is 0 Å². The average molecular weight is 543 g/mol. The number of sulfonamides is 1. The van der Waals surface area contributed by atoms with Gasteiger partial charge in [-0.3, -0.25) is 9.11 Å². The lowest BCUT2D eigenvalue weighted by atomic mass is 10.1. The molecule has 1 fully saturated rings. The molecule has 3 N–H and O–H groups in total. The van der Waals surface area contributed by atoms with Crippen LogP contribution in [0.25, 0.3) is 33.7 Å². The molecule has 0 spiro atoms. The van der Waals surface area contributed by atoms with E-state index in [0.29, 0.717) is 54.5 Å². The van der Waals surface area contributed by atoms with E-state index in [1.165, 1.54) is 30.6 Å². The number of ether oxygens (including phenoxy) is 1. The Morgan fingerprint density at radius 1 is 1.05 bits per heavy atom. The first-order chi connectivity index (χ1) is 18.3. The van der Waals surface area contributed by atoms with Crippen molar-refractivity contribution in [3.8, 4) is 22.6 Å². The van der Waals surface area contributed by atoms with Gasteiger partial charge in [-0.05, 0) is 30.7 Å². The van der Waals surface area contributed by atoms with Crippen molar-refractivity contribution >= 4 is 38.5 Å². The van der Waals surface area contributed by atoms with Crippen LogP contribution >= 0.6 is 0 Å². The summed E-state index contributed by atoms with van der Waals surface area (Å²) in [5.74, 6) is -0.209. The van der Waals surface area contributed by atoms with Gasteiger partial charge in [-0.2, -0.15) is 0 Å². The van der Waals surface area contributed by atoms with Gasteiger partial charge in [0.15, 0.2) is 17.5 Å². The lowest BCUT2D eigenvalue weighted by Gasteiger charge is -2.28. The molecule has 0 bridgehead atoms.